The summed E-state index contributed by atoms with van der Waals surface area (Å²) in [4.78, 5) is 14.4. The van der Waals surface area contributed by atoms with Gasteiger partial charge in [-0.25, -0.2) is 0 Å². The Kier molecular flexibility index (Phi) is 3.74. The summed E-state index contributed by atoms with van der Waals surface area (Å²) in [5.41, 5.74) is 3.21. The molecule has 0 saturated carbocycles. The molecule has 0 bridgehead atoms. The zero-order valence-electron chi connectivity index (χ0n) is 12.2. The summed E-state index contributed by atoms with van der Waals surface area (Å²) in [7, 11) is 0. The molecule has 0 saturated heterocycles. The molecule has 3 rings (SSSR count). The van der Waals surface area contributed by atoms with Crippen LogP contribution in [-0.4, -0.2) is 11.2 Å². The van der Waals surface area contributed by atoms with Crippen molar-refractivity contribution >= 4 is 17.1 Å². The average molecular weight is 292 g/mol. The predicted octanol–water partition coefficient (Wildman–Crippen LogP) is 3.41. The molecule has 0 amide bonds. The molecule has 1 aromatic heterocycles. The first-order chi connectivity index (χ1) is 10.7. The molecule has 1 heterocycles. The van der Waals surface area contributed by atoms with E-state index in [2.05, 4.69) is 4.98 Å². The zero-order chi connectivity index (χ0) is 15.5. The van der Waals surface area contributed by atoms with Crippen molar-refractivity contribution in [2.24, 2.45) is 0 Å². The van der Waals surface area contributed by atoms with E-state index in [1.807, 2.05) is 43.3 Å². The zero-order valence-corrected chi connectivity index (χ0v) is 12.2. The van der Waals surface area contributed by atoms with Gasteiger partial charge in [-0.2, -0.15) is 0 Å². The van der Waals surface area contributed by atoms with E-state index in [0.29, 0.717) is 17.9 Å². The highest BCUT2D eigenvalue weighted by molar-refractivity contribution is 5.92. The van der Waals surface area contributed by atoms with Gasteiger partial charge in [0.1, 0.15) is 12.4 Å². The van der Waals surface area contributed by atoms with Crippen molar-refractivity contribution in [3.63, 3.8) is 0 Å². The van der Waals surface area contributed by atoms with Gasteiger partial charge in [0.2, 0.25) is 5.56 Å². The maximum absolute atomic E-state index is 11.6. The van der Waals surface area contributed by atoms with E-state index in [1.54, 1.807) is 12.1 Å². The van der Waals surface area contributed by atoms with Crippen molar-refractivity contribution in [1.82, 2.24) is 4.98 Å². The summed E-state index contributed by atoms with van der Waals surface area (Å²) in [5.74, 6) is 0.590. The van der Waals surface area contributed by atoms with Crippen LogP contribution in [0.4, 0.5) is 0 Å². The van der Waals surface area contributed by atoms with Gasteiger partial charge in [0.05, 0.1) is 5.52 Å². The smallest absolute Gasteiger partial charge is 0.248 e. The van der Waals surface area contributed by atoms with Gasteiger partial charge in [-0.3, -0.25) is 4.79 Å². The molecule has 0 aliphatic carbocycles. The summed E-state index contributed by atoms with van der Waals surface area (Å²) < 4.78 is 5.83. The Bertz CT molecular complexity index is 883. The summed E-state index contributed by atoms with van der Waals surface area (Å²) in [5, 5.41) is 8.50. The van der Waals surface area contributed by atoms with Gasteiger partial charge >= 0.3 is 0 Å². The molecule has 0 aliphatic rings. The molecular formula is C18H16N2O2. The minimum absolute atomic E-state index is 0.137. The highest BCUT2D eigenvalue weighted by Crippen LogP contribution is 2.25. The van der Waals surface area contributed by atoms with Crippen LogP contribution in [0.5, 0.6) is 5.75 Å². The van der Waals surface area contributed by atoms with Crippen LogP contribution in [-0.2, 0) is 6.61 Å². The number of aromatic amines is 1. The Morgan fingerprint density at radius 2 is 1.95 bits per heavy atom. The molecule has 4 heteroatoms. The molecule has 3 aromatic rings. The Labute approximate surface area is 127 Å². The SMILES string of the molecule is Cc1cc(=O)[nH]c2cc(OCc3ccccc3)c(C=N)cc12. The molecule has 0 fully saturated rings. The van der Waals surface area contributed by atoms with E-state index < -0.39 is 0 Å². The van der Waals surface area contributed by atoms with Gasteiger partial charge in [0, 0.05) is 29.3 Å². The van der Waals surface area contributed by atoms with E-state index in [1.165, 1.54) is 6.21 Å². The number of ether oxygens (including phenoxy) is 1. The lowest BCUT2D eigenvalue weighted by atomic mass is 10.1. The van der Waals surface area contributed by atoms with Crippen LogP contribution in [0.25, 0.3) is 10.9 Å². The first kappa shape index (κ1) is 14.1. The third-order valence-corrected chi connectivity index (χ3v) is 3.57. The maximum Gasteiger partial charge on any atom is 0.248 e. The molecule has 0 atom stereocenters. The minimum Gasteiger partial charge on any atom is -0.488 e. The highest BCUT2D eigenvalue weighted by atomic mass is 16.5. The first-order valence-electron chi connectivity index (χ1n) is 7.02. The highest BCUT2D eigenvalue weighted by Gasteiger charge is 2.08. The van der Waals surface area contributed by atoms with E-state index >= 15 is 0 Å². The number of hydrogen-bond acceptors (Lipinski definition) is 3. The second-order valence-electron chi connectivity index (χ2n) is 5.17. The van der Waals surface area contributed by atoms with Crippen LogP contribution in [0, 0.1) is 12.3 Å². The van der Waals surface area contributed by atoms with Crippen molar-refractivity contribution in [3.8, 4) is 5.75 Å². The number of benzene rings is 2. The second kappa shape index (κ2) is 5.85. The average Bonchev–Trinajstić information content (AvgIpc) is 2.53. The predicted molar refractivity (Wildman–Crippen MR) is 88.0 cm³/mol. The molecule has 0 aliphatic heterocycles. The quantitative estimate of drug-likeness (QED) is 0.724. The van der Waals surface area contributed by atoms with Crippen LogP contribution in [0.1, 0.15) is 16.7 Å². The Balaban J connectivity index is 2.01. The van der Waals surface area contributed by atoms with Gasteiger partial charge in [0.25, 0.3) is 0 Å². The number of aromatic nitrogens is 1. The van der Waals surface area contributed by atoms with Crippen LogP contribution in [0.3, 0.4) is 0 Å². The van der Waals surface area contributed by atoms with Crippen LogP contribution < -0.4 is 10.3 Å². The number of hydrogen-bond donors (Lipinski definition) is 2. The van der Waals surface area contributed by atoms with Gasteiger partial charge in [-0.05, 0) is 24.1 Å². The maximum atomic E-state index is 11.6. The van der Waals surface area contributed by atoms with Gasteiger partial charge in [-0.15, -0.1) is 0 Å². The van der Waals surface area contributed by atoms with Crippen molar-refractivity contribution in [3.05, 3.63) is 75.6 Å². The van der Waals surface area contributed by atoms with Crippen molar-refractivity contribution in [2.45, 2.75) is 13.5 Å². The fourth-order valence-corrected chi connectivity index (χ4v) is 2.44. The third kappa shape index (κ3) is 2.76. The van der Waals surface area contributed by atoms with E-state index in [0.717, 1.165) is 22.0 Å². The van der Waals surface area contributed by atoms with E-state index in [9.17, 15) is 4.79 Å². The summed E-state index contributed by atoms with van der Waals surface area (Å²) in [6, 6.07) is 15.0. The number of H-pyrrole nitrogens is 1. The van der Waals surface area contributed by atoms with Gasteiger partial charge in [0.15, 0.2) is 0 Å². The monoisotopic (exact) mass is 292 g/mol. The number of nitrogens with one attached hydrogen (secondary N) is 2. The minimum atomic E-state index is -0.137. The molecule has 22 heavy (non-hydrogen) atoms. The number of aryl methyl sites for hydroxylation is 1. The first-order valence-corrected chi connectivity index (χ1v) is 7.02. The van der Waals surface area contributed by atoms with Crippen LogP contribution in [0.2, 0.25) is 0 Å². The molecule has 110 valence electrons. The Morgan fingerprint density at radius 1 is 1.18 bits per heavy atom. The molecular weight excluding hydrogens is 276 g/mol. The van der Waals surface area contributed by atoms with E-state index in [-0.39, 0.29) is 5.56 Å². The standard InChI is InChI=1S/C18H16N2O2/c1-12-7-18(21)20-16-9-17(14(10-19)8-15(12)16)22-11-13-5-3-2-4-6-13/h2-10,19H,11H2,1H3,(H,20,21). The topological polar surface area (TPSA) is 65.9 Å². The number of rotatable bonds is 4. The van der Waals surface area contributed by atoms with Gasteiger partial charge < -0.3 is 15.1 Å². The second-order valence-corrected chi connectivity index (χ2v) is 5.17. The summed E-state index contributed by atoms with van der Waals surface area (Å²) >= 11 is 0. The van der Waals surface area contributed by atoms with Crippen LogP contribution >= 0.6 is 0 Å². The Morgan fingerprint density at radius 3 is 2.68 bits per heavy atom. The molecule has 0 radical (unpaired) electrons. The summed E-state index contributed by atoms with van der Waals surface area (Å²) in [6.07, 6.45) is 1.27. The molecule has 0 spiro atoms. The molecule has 0 unspecified atom stereocenters. The molecule has 2 N–H and O–H groups in total. The molecule has 2 aromatic carbocycles. The van der Waals surface area contributed by atoms with Gasteiger partial charge in [-0.1, -0.05) is 30.3 Å². The summed E-state index contributed by atoms with van der Waals surface area (Å²) in [6.45, 7) is 2.30. The Hall–Kier alpha value is -2.88. The van der Waals surface area contributed by atoms with Crippen LogP contribution in [0.15, 0.2) is 53.3 Å². The lowest BCUT2D eigenvalue weighted by molar-refractivity contribution is 0.306. The van der Waals surface area contributed by atoms with Crippen molar-refractivity contribution in [2.75, 3.05) is 0 Å². The van der Waals surface area contributed by atoms with E-state index in [4.69, 9.17) is 10.1 Å². The lowest BCUT2D eigenvalue weighted by Gasteiger charge is -2.11. The normalized spacial score (nSPS) is 10.6. The fraction of sp³-hybridized carbons (Fsp3) is 0.111. The fourth-order valence-electron chi connectivity index (χ4n) is 2.44. The van der Waals surface area contributed by atoms with Crippen molar-refractivity contribution < 1.29 is 4.74 Å². The number of fused-ring (bicyclic) bond motifs is 1. The molecule has 4 nitrogen and oxygen atoms in total. The lowest BCUT2D eigenvalue weighted by Crippen LogP contribution is -2.06. The largest absolute Gasteiger partial charge is 0.488 e. The van der Waals surface area contributed by atoms with Crippen molar-refractivity contribution in [1.29, 1.82) is 5.41 Å². The number of pyridine rings is 1. The third-order valence-electron chi connectivity index (χ3n) is 3.57.